The number of carbonyl (C=O) groups excluding carboxylic acids is 1. The molecule has 2 aliphatic heterocycles. The molecule has 1 aromatic heterocycles. The maximum atomic E-state index is 12.6. The Morgan fingerprint density at radius 1 is 1.33 bits per heavy atom. The maximum Gasteiger partial charge on any atom is 0.411 e. The molecule has 3 unspecified atom stereocenters. The van der Waals surface area contributed by atoms with E-state index >= 15 is 0 Å². The van der Waals surface area contributed by atoms with Gasteiger partial charge in [-0.3, -0.25) is 4.90 Å². The first-order chi connectivity index (χ1) is 9.82. The lowest BCUT2D eigenvalue weighted by atomic mass is 9.64. The van der Waals surface area contributed by atoms with Crippen molar-refractivity contribution >= 4 is 6.09 Å². The molecule has 6 nitrogen and oxygen atoms in total. The second-order valence-corrected chi connectivity index (χ2v) is 7.25. The van der Waals surface area contributed by atoms with Crippen molar-refractivity contribution in [2.75, 3.05) is 0 Å². The molecule has 2 bridgehead atoms. The summed E-state index contributed by atoms with van der Waals surface area (Å²) < 4.78 is 5.58. The summed E-state index contributed by atoms with van der Waals surface area (Å²) in [6.07, 6.45) is 5.55. The molecule has 0 radical (unpaired) electrons. The van der Waals surface area contributed by atoms with Gasteiger partial charge >= 0.3 is 6.09 Å². The summed E-state index contributed by atoms with van der Waals surface area (Å²) >= 11 is 0. The summed E-state index contributed by atoms with van der Waals surface area (Å²) in [6.45, 7) is 7.88. The molecule has 2 saturated heterocycles. The average molecular weight is 290 g/mol. The van der Waals surface area contributed by atoms with Crippen LogP contribution in [0.5, 0.6) is 0 Å². The highest BCUT2D eigenvalue weighted by Gasteiger charge is 2.61. The minimum Gasteiger partial charge on any atom is -0.444 e. The van der Waals surface area contributed by atoms with Crippen molar-refractivity contribution in [2.24, 2.45) is 5.92 Å². The first-order valence-corrected chi connectivity index (χ1v) is 7.47. The lowest BCUT2D eigenvalue weighted by molar-refractivity contribution is -0.132. The molecule has 3 aliphatic rings. The van der Waals surface area contributed by atoms with E-state index in [1.807, 2.05) is 25.7 Å². The number of nitrogens with zero attached hydrogens (tertiary/aromatic N) is 4. The Hall–Kier alpha value is -1.72. The van der Waals surface area contributed by atoms with E-state index in [0.717, 1.165) is 19.3 Å². The van der Waals surface area contributed by atoms with Crippen LogP contribution in [0, 0.1) is 5.92 Å². The second-order valence-electron chi connectivity index (χ2n) is 7.25. The van der Waals surface area contributed by atoms with Crippen LogP contribution < -0.4 is 0 Å². The van der Waals surface area contributed by atoms with Gasteiger partial charge in [-0.25, -0.2) is 19.7 Å². The van der Waals surface area contributed by atoms with Crippen LogP contribution in [0.15, 0.2) is 12.7 Å². The van der Waals surface area contributed by atoms with Crippen LogP contribution in [-0.2, 0) is 10.3 Å². The number of rotatable bonds is 1. The molecule has 6 heteroatoms. The SMILES string of the molecule is CC1CC2CC(c3ncncn3)(C1)N2C(=O)OC(C)(C)C. The van der Waals surface area contributed by atoms with Crippen LogP contribution in [0.3, 0.4) is 0 Å². The predicted molar refractivity (Wildman–Crippen MR) is 76.4 cm³/mol. The van der Waals surface area contributed by atoms with Gasteiger partial charge in [0.1, 0.15) is 23.8 Å². The molecule has 0 aromatic carbocycles. The van der Waals surface area contributed by atoms with Crippen LogP contribution in [-0.4, -0.2) is 37.6 Å². The summed E-state index contributed by atoms with van der Waals surface area (Å²) in [6, 6.07) is 0.236. The van der Waals surface area contributed by atoms with Crippen molar-refractivity contribution < 1.29 is 9.53 Å². The van der Waals surface area contributed by atoms with Gasteiger partial charge < -0.3 is 4.74 Å². The molecule has 21 heavy (non-hydrogen) atoms. The molecule has 1 saturated carbocycles. The molecule has 3 heterocycles. The van der Waals surface area contributed by atoms with Gasteiger partial charge in [0.2, 0.25) is 0 Å². The van der Waals surface area contributed by atoms with Crippen LogP contribution in [0.2, 0.25) is 0 Å². The quantitative estimate of drug-likeness (QED) is 0.795. The molecule has 1 amide bonds. The second kappa shape index (κ2) is 4.64. The van der Waals surface area contributed by atoms with E-state index in [1.54, 1.807) is 0 Å². The molecule has 114 valence electrons. The van der Waals surface area contributed by atoms with Crippen LogP contribution in [0.4, 0.5) is 4.79 Å². The summed E-state index contributed by atoms with van der Waals surface area (Å²) in [4.78, 5) is 26.9. The topological polar surface area (TPSA) is 68.2 Å². The number of hydrogen-bond acceptors (Lipinski definition) is 5. The number of ether oxygens (including phenoxy) is 1. The Labute approximate surface area is 124 Å². The fourth-order valence-electron chi connectivity index (χ4n) is 3.72. The summed E-state index contributed by atoms with van der Waals surface area (Å²) in [5.41, 5.74) is -0.902. The number of hydrogen-bond donors (Lipinski definition) is 0. The van der Waals surface area contributed by atoms with Gasteiger partial charge in [-0.2, -0.15) is 0 Å². The third-order valence-corrected chi connectivity index (χ3v) is 4.26. The predicted octanol–water partition coefficient (Wildman–Crippen LogP) is 2.51. The van der Waals surface area contributed by atoms with Gasteiger partial charge in [0, 0.05) is 6.04 Å². The fourth-order valence-corrected chi connectivity index (χ4v) is 3.72. The van der Waals surface area contributed by atoms with Crippen molar-refractivity contribution in [2.45, 2.75) is 64.1 Å². The Morgan fingerprint density at radius 2 is 2.00 bits per heavy atom. The van der Waals surface area contributed by atoms with E-state index < -0.39 is 11.1 Å². The highest BCUT2D eigenvalue weighted by molar-refractivity contribution is 5.71. The van der Waals surface area contributed by atoms with Gasteiger partial charge in [-0.15, -0.1) is 0 Å². The minimum atomic E-state index is -0.493. The zero-order valence-electron chi connectivity index (χ0n) is 13.0. The first-order valence-electron chi connectivity index (χ1n) is 7.47. The Kier molecular flexibility index (Phi) is 3.15. The summed E-state index contributed by atoms with van der Waals surface area (Å²) in [7, 11) is 0. The zero-order chi connectivity index (χ0) is 15.3. The monoisotopic (exact) mass is 290 g/mol. The van der Waals surface area contributed by atoms with Crippen LogP contribution in [0.1, 0.15) is 52.8 Å². The maximum absolute atomic E-state index is 12.6. The van der Waals surface area contributed by atoms with Crippen molar-refractivity contribution in [3.8, 4) is 0 Å². The van der Waals surface area contributed by atoms with Crippen molar-refractivity contribution in [1.29, 1.82) is 0 Å². The van der Waals surface area contributed by atoms with Gasteiger partial charge in [-0.1, -0.05) is 6.92 Å². The molecule has 1 aliphatic carbocycles. The average Bonchev–Trinajstić information content (AvgIpc) is 2.36. The van der Waals surface area contributed by atoms with Gasteiger partial charge in [0.15, 0.2) is 5.82 Å². The minimum absolute atomic E-state index is 0.236. The number of aromatic nitrogens is 3. The third kappa shape index (κ3) is 2.36. The number of piperidine rings is 1. The van der Waals surface area contributed by atoms with E-state index in [-0.39, 0.29) is 12.1 Å². The van der Waals surface area contributed by atoms with Crippen molar-refractivity contribution in [3.63, 3.8) is 0 Å². The normalized spacial score (nSPS) is 31.5. The molecular weight excluding hydrogens is 268 g/mol. The Morgan fingerprint density at radius 3 is 2.62 bits per heavy atom. The molecule has 3 atom stereocenters. The number of fused-ring (bicyclic) bond motifs is 2. The standard InChI is InChI=1S/C15H22N4O2/c1-10-5-11-7-15(6-10,12-17-8-16-9-18-12)19(11)13(20)21-14(2,3)4/h8-11H,5-7H2,1-4H3. The highest BCUT2D eigenvalue weighted by Crippen LogP contribution is 2.55. The van der Waals surface area contributed by atoms with E-state index in [2.05, 4.69) is 21.9 Å². The van der Waals surface area contributed by atoms with Crippen molar-refractivity contribution in [3.05, 3.63) is 18.5 Å². The Balaban J connectivity index is 1.91. The van der Waals surface area contributed by atoms with Crippen LogP contribution in [0.25, 0.3) is 0 Å². The molecule has 0 N–H and O–H groups in total. The summed E-state index contributed by atoms with van der Waals surface area (Å²) in [5, 5.41) is 0. The molecule has 4 rings (SSSR count). The number of amides is 1. The molecule has 1 aromatic rings. The van der Waals surface area contributed by atoms with Crippen molar-refractivity contribution in [1.82, 2.24) is 19.9 Å². The van der Waals surface area contributed by atoms with Gasteiger partial charge in [0.25, 0.3) is 0 Å². The lowest BCUT2D eigenvalue weighted by Gasteiger charge is -2.61. The first kappa shape index (κ1) is 14.2. The van der Waals surface area contributed by atoms with Crippen LogP contribution >= 0.6 is 0 Å². The number of carbonyl (C=O) groups is 1. The van der Waals surface area contributed by atoms with E-state index in [4.69, 9.17) is 4.74 Å². The van der Waals surface area contributed by atoms with E-state index in [0.29, 0.717) is 11.7 Å². The molecule has 0 spiro atoms. The lowest BCUT2D eigenvalue weighted by Crippen LogP contribution is -2.70. The molecular formula is C15H22N4O2. The van der Waals surface area contributed by atoms with E-state index in [1.165, 1.54) is 12.7 Å². The Bertz CT molecular complexity index is 542. The van der Waals surface area contributed by atoms with Gasteiger partial charge in [0.05, 0.1) is 0 Å². The summed E-state index contributed by atoms with van der Waals surface area (Å²) in [5.74, 6) is 1.24. The smallest absolute Gasteiger partial charge is 0.411 e. The zero-order valence-corrected chi connectivity index (χ0v) is 13.0. The van der Waals surface area contributed by atoms with Gasteiger partial charge in [-0.05, 0) is 46.0 Å². The fraction of sp³-hybridized carbons (Fsp3) is 0.733. The highest BCUT2D eigenvalue weighted by atomic mass is 16.6. The van der Waals surface area contributed by atoms with E-state index in [9.17, 15) is 4.79 Å². The third-order valence-electron chi connectivity index (χ3n) is 4.26. The largest absolute Gasteiger partial charge is 0.444 e. The molecule has 3 fully saturated rings.